The van der Waals surface area contributed by atoms with Crippen LogP contribution in [0.5, 0.6) is 0 Å². The van der Waals surface area contributed by atoms with Crippen molar-refractivity contribution in [1.82, 2.24) is 10.2 Å². The van der Waals surface area contributed by atoms with Crippen molar-refractivity contribution >= 4 is 0 Å². The summed E-state index contributed by atoms with van der Waals surface area (Å²) >= 11 is 0. The number of likely N-dealkylation sites (tertiary alicyclic amines) is 1. The minimum atomic E-state index is 0.506. The van der Waals surface area contributed by atoms with Crippen LogP contribution < -0.4 is 5.32 Å². The minimum absolute atomic E-state index is 0.506. The van der Waals surface area contributed by atoms with Crippen LogP contribution in [0.2, 0.25) is 0 Å². The SMILES string of the molecule is CC12CCC(C1)C(C)(C)C2NCCN1CCCCCC1. The summed E-state index contributed by atoms with van der Waals surface area (Å²) in [5.74, 6) is 0.961. The fourth-order valence-electron chi connectivity index (χ4n) is 5.54. The van der Waals surface area contributed by atoms with Crippen LogP contribution in [0.1, 0.15) is 65.7 Å². The first-order valence-electron chi connectivity index (χ1n) is 8.98. The summed E-state index contributed by atoms with van der Waals surface area (Å²) in [5.41, 5.74) is 1.08. The van der Waals surface area contributed by atoms with E-state index in [9.17, 15) is 0 Å². The molecule has 0 radical (unpaired) electrons. The molecular formula is C18H34N2. The first kappa shape index (κ1) is 14.8. The largest absolute Gasteiger partial charge is 0.312 e. The van der Waals surface area contributed by atoms with Crippen molar-refractivity contribution in [3.05, 3.63) is 0 Å². The van der Waals surface area contributed by atoms with Crippen molar-refractivity contribution in [2.24, 2.45) is 16.7 Å². The molecule has 0 aromatic rings. The Labute approximate surface area is 125 Å². The van der Waals surface area contributed by atoms with Gasteiger partial charge >= 0.3 is 0 Å². The van der Waals surface area contributed by atoms with Crippen molar-refractivity contribution < 1.29 is 0 Å². The van der Waals surface area contributed by atoms with Crippen LogP contribution in [0.3, 0.4) is 0 Å². The average Bonchev–Trinajstić information content (AvgIpc) is 2.74. The van der Waals surface area contributed by atoms with Gasteiger partial charge in [0.2, 0.25) is 0 Å². The molecule has 2 saturated carbocycles. The van der Waals surface area contributed by atoms with E-state index in [4.69, 9.17) is 0 Å². The molecule has 3 aliphatic rings. The van der Waals surface area contributed by atoms with Crippen LogP contribution in [0.4, 0.5) is 0 Å². The zero-order valence-electron chi connectivity index (χ0n) is 13.9. The van der Waals surface area contributed by atoms with E-state index in [1.807, 2.05) is 0 Å². The van der Waals surface area contributed by atoms with Gasteiger partial charge in [-0.25, -0.2) is 0 Å². The molecule has 1 saturated heterocycles. The Morgan fingerprint density at radius 1 is 1.05 bits per heavy atom. The van der Waals surface area contributed by atoms with Gasteiger partial charge in [0.05, 0.1) is 0 Å². The van der Waals surface area contributed by atoms with Crippen LogP contribution in [0, 0.1) is 16.7 Å². The summed E-state index contributed by atoms with van der Waals surface area (Å²) in [6, 6.07) is 0.737. The number of fused-ring (bicyclic) bond motifs is 2. The van der Waals surface area contributed by atoms with Crippen LogP contribution in [0.15, 0.2) is 0 Å². The summed E-state index contributed by atoms with van der Waals surface area (Å²) in [6.45, 7) is 12.7. The molecule has 1 aliphatic heterocycles. The third-order valence-electron chi connectivity index (χ3n) is 6.74. The highest BCUT2D eigenvalue weighted by atomic mass is 15.1. The number of nitrogens with zero attached hydrogens (tertiary/aromatic N) is 1. The molecule has 3 atom stereocenters. The van der Waals surface area contributed by atoms with Crippen LogP contribution >= 0.6 is 0 Å². The quantitative estimate of drug-likeness (QED) is 0.844. The molecule has 116 valence electrons. The standard InChI is InChI=1S/C18H34N2/c1-17(2)15-8-9-18(3,14-15)16(17)19-10-13-20-11-6-4-5-7-12-20/h15-16,19H,4-14H2,1-3H3. The van der Waals surface area contributed by atoms with E-state index in [1.54, 1.807) is 0 Å². The van der Waals surface area contributed by atoms with Gasteiger partial charge in [-0.2, -0.15) is 0 Å². The van der Waals surface area contributed by atoms with Crippen molar-refractivity contribution in [3.8, 4) is 0 Å². The van der Waals surface area contributed by atoms with Gasteiger partial charge in [0.25, 0.3) is 0 Å². The molecule has 0 amide bonds. The zero-order chi connectivity index (χ0) is 14.2. The normalized spacial score (nSPS) is 41.0. The van der Waals surface area contributed by atoms with Crippen LogP contribution in [-0.4, -0.2) is 37.1 Å². The molecule has 20 heavy (non-hydrogen) atoms. The van der Waals surface area contributed by atoms with Gasteiger partial charge in [-0.05, 0) is 61.9 Å². The summed E-state index contributed by atoms with van der Waals surface area (Å²) in [7, 11) is 0. The highest BCUT2D eigenvalue weighted by Crippen LogP contribution is 2.62. The van der Waals surface area contributed by atoms with Gasteiger partial charge in [-0.15, -0.1) is 0 Å². The van der Waals surface area contributed by atoms with Gasteiger partial charge in [0, 0.05) is 19.1 Å². The first-order chi connectivity index (χ1) is 9.52. The maximum Gasteiger partial charge on any atom is 0.0175 e. The Hall–Kier alpha value is -0.0800. The monoisotopic (exact) mass is 278 g/mol. The molecule has 0 aromatic heterocycles. The minimum Gasteiger partial charge on any atom is -0.312 e. The Kier molecular flexibility index (Phi) is 4.16. The Bertz CT molecular complexity index is 326. The zero-order valence-corrected chi connectivity index (χ0v) is 13.9. The predicted octanol–water partition coefficient (Wildman–Crippen LogP) is 3.67. The van der Waals surface area contributed by atoms with E-state index in [0.29, 0.717) is 10.8 Å². The Morgan fingerprint density at radius 2 is 1.75 bits per heavy atom. The Balaban J connectivity index is 1.50. The number of hydrogen-bond acceptors (Lipinski definition) is 2. The average molecular weight is 278 g/mol. The van der Waals surface area contributed by atoms with Crippen molar-refractivity contribution in [3.63, 3.8) is 0 Å². The van der Waals surface area contributed by atoms with Crippen molar-refractivity contribution in [2.45, 2.75) is 71.8 Å². The van der Waals surface area contributed by atoms with Gasteiger partial charge in [-0.3, -0.25) is 0 Å². The van der Waals surface area contributed by atoms with E-state index >= 15 is 0 Å². The van der Waals surface area contributed by atoms with Crippen molar-refractivity contribution in [1.29, 1.82) is 0 Å². The Morgan fingerprint density at radius 3 is 2.35 bits per heavy atom. The van der Waals surface area contributed by atoms with Gasteiger partial charge in [-0.1, -0.05) is 33.6 Å². The van der Waals surface area contributed by atoms with E-state index in [2.05, 4.69) is 31.0 Å². The lowest BCUT2D eigenvalue weighted by Gasteiger charge is -2.43. The maximum absolute atomic E-state index is 3.97. The molecule has 0 spiro atoms. The van der Waals surface area contributed by atoms with E-state index in [0.717, 1.165) is 12.0 Å². The smallest absolute Gasteiger partial charge is 0.0175 e. The summed E-state index contributed by atoms with van der Waals surface area (Å²) in [4.78, 5) is 2.68. The highest BCUT2D eigenvalue weighted by molar-refractivity contribution is 5.11. The molecule has 3 unspecified atom stereocenters. The lowest BCUT2D eigenvalue weighted by Crippen LogP contribution is -2.52. The number of rotatable bonds is 4. The van der Waals surface area contributed by atoms with E-state index < -0.39 is 0 Å². The van der Waals surface area contributed by atoms with E-state index in [-0.39, 0.29) is 0 Å². The van der Waals surface area contributed by atoms with Crippen LogP contribution in [0.25, 0.3) is 0 Å². The molecule has 0 aromatic carbocycles. The molecule has 3 rings (SSSR count). The van der Waals surface area contributed by atoms with Gasteiger partial charge in [0.15, 0.2) is 0 Å². The topological polar surface area (TPSA) is 15.3 Å². The van der Waals surface area contributed by atoms with Crippen molar-refractivity contribution in [2.75, 3.05) is 26.2 Å². The molecule has 2 aliphatic carbocycles. The summed E-state index contributed by atoms with van der Waals surface area (Å²) < 4.78 is 0. The number of nitrogens with one attached hydrogen (secondary N) is 1. The van der Waals surface area contributed by atoms with Crippen LogP contribution in [-0.2, 0) is 0 Å². The molecule has 1 N–H and O–H groups in total. The third kappa shape index (κ3) is 2.66. The second-order valence-corrected chi connectivity index (χ2v) is 8.56. The predicted molar refractivity (Wildman–Crippen MR) is 85.9 cm³/mol. The second kappa shape index (κ2) is 5.61. The molecule has 2 heteroatoms. The fraction of sp³-hybridized carbons (Fsp3) is 1.00. The van der Waals surface area contributed by atoms with E-state index in [1.165, 1.54) is 71.1 Å². The molecule has 3 fully saturated rings. The second-order valence-electron chi connectivity index (χ2n) is 8.56. The third-order valence-corrected chi connectivity index (χ3v) is 6.74. The summed E-state index contributed by atoms with van der Waals surface area (Å²) in [6.07, 6.45) is 10.1. The molecule has 1 heterocycles. The fourth-order valence-corrected chi connectivity index (χ4v) is 5.54. The lowest BCUT2D eigenvalue weighted by molar-refractivity contribution is 0.106. The summed E-state index contributed by atoms with van der Waals surface area (Å²) in [5, 5.41) is 3.97. The maximum atomic E-state index is 3.97. The number of hydrogen-bond donors (Lipinski definition) is 1. The molecular weight excluding hydrogens is 244 g/mol. The first-order valence-corrected chi connectivity index (χ1v) is 8.98. The lowest BCUT2D eigenvalue weighted by atomic mass is 9.68. The van der Waals surface area contributed by atoms with Gasteiger partial charge in [0.1, 0.15) is 0 Å². The highest BCUT2D eigenvalue weighted by Gasteiger charge is 2.58. The van der Waals surface area contributed by atoms with Gasteiger partial charge < -0.3 is 10.2 Å². The molecule has 2 nitrogen and oxygen atoms in total. The molecule has 2 bridgehead atoms.